The summed E-state index contributed by atoms with van der Waals surface area (Å²) < 4.78 is 12.0. The first-order chi connectivity index (χ1) is 15.2. The smallest absolute Gasteiger partial charge is 0.225 e. The largest absolute Gasteiger partial charge is 0.493 e. The molecule has 0 unspecified atom stereocenters. The van der Waals surface area contributed by atoms with Gasteiger partial charge in [0.25, 0.3) is 0 Å². The lowest BCUT2D eigenvalue weighted by atomic mass is 9.85. The van der Waals surface area contributed by atoms with Gasteiger partial charge in [0.15, 0.2) is 0 Å². The Bertz CT molecular complexity index is 908. The lowest BCUT2D eigenvalue weighted by Gasteiger charge is -2.32. The maximum atomic E-state index is 12.9. The van der Waals surface area contributed by atoms with E-state index in [1.165, 1.54) is 5.56 Å². The van der Waals surface area contributed by atoms with Crippen molar-refractivity contribution in [2.24, 2.45) is 5.41 Å². The molecule has 174 valence electrons. The van der Waals surface area contributed by atoms with Crippen LogP contribution in [0, 0.1) is 19.3 Å². The van der Waals surface area contributed by atoms with E-state index in [9.17, 15) is 4.79 Å². The Balaban J connectivity index is 1.38. The second-order valence-electron chi connectivity index (χ2n) is 9.51. The van der Waals surface area contributed by atoms with Gasteiger partial charge in [-0.2, -0.15) is 0 Å². The van der Waals surface area contributed by atoms with Crippen LogP contribution in [0.4, 0.5) is 0 Å². The standard InChI is InChI=1S/C26H35ClN2O3/c1-18-6-7-19(2)24(14-18)31-13-5-12-26(3,4)25(30)29-21-8-10-22(11-9-21)32-23-15-20(27)16-28-17-23/h6-7,14-17,21-22H,5,8-13H2,1-4H3,(H,29,30). The van der Waals surface area contributed by atoms with Crippen LogP contribution in [0.2, 0.25) is 5.02 Å². The number of amides is 1. The first kappa shape index (κ1) is 24.4. The number of pyridine rings is 1. The molecule has 3 rings (SSSR count). The molecule has 1 saturated carbocycles. The van der Waals surface area contributed by atoms with Crippen LogP contribution in [0.5, 0.6) is 11.5 Å². The molecule has 1 amide bonds. The number of ether oxygens (including phenoxy) is 2. The summed E-state index contributed by atoms with van der Waals surface area (Å²) in [4.78, 5) is 17.0. The third kappa shape index (κ3) is 7.13. The molecule has 0 spiro atoms. The van der Waals surface area contributed by atoms with Crippen molar-refractivity contribution in [2.45, 2.75) is 78.4 Å². The summed E-state index contributed by atoms with van der Waals surface area (Å²) in [6.45, 7) is 8.76. The van der Waals surface area contributed by atoms with Crippen molar-refractivity contribution in [3.8, 4) is 11.5 Å². The van der Waals surface area contributed by atoms with Gasteiger partial charge in [-0.3, -0.25) is 9.78 Å². The monoisotopic (exact) mass is 458 g/mol. The number of aromatic nitrogens is 1. The molecule has 1 N–H and O–H groups in total. The number of hydrogen-bond acceptors (Lipinski definition) is 4. The highest BCUT2D eigenvalue weighted by molar-refractivity contribution is 6.30. The fourth-order valence-corrected chi connectivity index (χ4v) is 4.19. The van der Waals surface area contributed by atoms with Crippen LogP contribution in [0.15, 0.2) is 36.7 Å². The second kappa shape index (κ2) is 11.0. The van der Waals surface area contributed by atoms with E-state index >= 15 is 0 Å². The van der Waals surface area contributed by atoms with Crippen molar-refractivity contribution in [3.63, 3.8) is 0 Å². The summed E-state index contributed by atoms with van der Waals surface area (Å²) >= 11 is 5.98. The zero-order valence-electron chi connectivity index (χ0n) is 19.6. The molecule has 1 aromatic carbocycles. The van der Waals surface area contributed by atoms with Crippen LogP contribution in [0.3, 0.4) is 0 Å². The van der Waals surface area contributed by atoms with Gasteiger partial charge in [0.05, 0.1) is 23.9 Å². The van der Waals surface area contributed by atoms with E-state index in [0.717, 1.165) is 49.8 Å². The zero-order valence-corrected chi connectivity index (χ0v) is 20.4. The van der Waals surface area contributed by atoms with Crippen molar-refractivity contribution in [3.05, 3.63) is 52.8 Å². The topological polar surface area (TPSA) is 60.5 Å². The molecule has 1 heterocycles. The minimum absolute atomic E-state index is 0.118. The van der Waals surface area contributed by atoms with Crippen LogP contribution in [-0.2, 0) is 4.79 Å². The molecule has 0 atom stereocenters. The Morgan fingerprint density at radius 2 is 1.91 bits per heavy atom. The molecule has 0 saturated heterocycles. The Kier molecular flexibility index (Phi) is 8.41. The Morgan fingerprint density at radius 1 is 1.16 bits per heavy atom. The number of hydrogen-bond donors (Lipinski definition) is 1. The van der Waals surface area contributed by atoms with Crippen molar-refractivity contribution in [1.82, 2.24) is 10.3 Å². The van der Waals surface area contributed by atoms with Gasteiger partial charge in [0.2, 0.25) is 5.91 Å². The number of aryl methyl sites for hydroxylation is 2. The lowest BCUT2D eigenvalue weighted by molar-refractivity contribution is -0.130. The summed E-state index contributed by atoms with van der Waals surface area (Å²) in [6, 6.07) is 8.22. The highest BCUT2D eigenvalue weighted by Crippen LogP contribution is 2.28. The summed E-state index contributed by atoms with van der Waals surface area (Å²) in [5.74, 6) is 1.75. The van der Waals surface area contributed by atoms with E-state index < -0.39 is 5.41 Å². The highest BCUT2D eigenvalue weighted by Gasteiger charge is 2.31. The van der Waals surface area contributed by atoms with E-state index in [1.807, 2.05) is 13.8 Å². The maximum absolute atomic E-state index is 12.9. The van der Waals surface area contributed by atoms with Gasteiger partial charge in [0.1, 0.15) is 11.5 Å². The second-order valence-corrected chi connectivity index (χ2v) is 9.95. The molecule has 1 aromatic heterocycles. The Hall–Kier alpha value is -2.27. The van der Waals surface area contributed by atoms with Crippen LogP contribution in [0.25, 0.3) is 0 Å². The van der Waals surface area contributed by atoms with Gasteiger partial charge in [-0.1, -0.05) is 37.6 Å². The van der Waals surface area contributed by atoms with Gasteiger partial charge < -0.3 is 14.8 Å². The van der Waals surface area contributed by atoms with Crippen molar-refractivity contribution in [2.75, 3.05) is 6.61 Å². The van der Waals surface area contributed by atoms with Gasteiger partial charge in [-0.25, -0.2) is 0 Å². The Labute approximate surface area is 196 Å². The van der Waals surface area contributed by atoms with E-state index in [2.05, 4.69) is 42.3 Å². The third-order valence-electron chi connectivity index (χ3n) is 6.15. The molecule has 6 heteroatoms. The molecular formula is C26H35ClN2O3. The van der Waals surface area contributed by atoms with Gasteiger partial charge in [-0.05, 0) is 69.6 Å². The van der Waals surface area contributed by atoms with E-state index in [4.69, 9.17) is 21.1 Å². The quantitative estimate of drug-likeness (QED) is 0.465. The molecule has 0 radical (unpaired) electrons. The fourth-order valence-electron chi connectivity index (χ4n) is 4.03. The summed E-state index contributed by atoms with van der Waals surface area (Å²) in [5.41, 5.74) is 1.90. The first-order valence-corrected chi connectivity index (χ1v) is 11.9. The van der Waals surface area contributed by atoms with Crippen molar-refractivity contribution in [1.29, 1.82) is 0 Å². The normalized spacial score (nSPS) is 18.8. The zero-order chi connectivity index (χ0) is 23.1. The van der Waals surface area contributed by atoms with Gasteiger partial charge in [-0.15, -0.1) is 0 Å². The predicted octanol–water partition coefficient (Wildman–Crippen LogP) is 6.04. The SMILES string of the molecule is Cc1ccc(C)c(OCCCC(C)(C)C(=O)NC2CCC(Oc3cncc(Cl)c3)CC2)c1. The van der Waals surface area contributed by atoms with Crippen LogP contribution < -0.4 is 14.8 Å². The molecule has 32 heavy (non-hydrogen) atoms. The summed E-state index contributed by atoms with van der Waals surface area (Å²) in [6.07, 6.45) is 8.67. The number of carbonyl (C=O) groups excluding carboxylic acids is 1. The number of benzene rings is 1. The molecular weight excluding hydrogens is 424 g/mol. The summed E-state index contributed by atoms with van der Waals surface area (Å²) in [7, 11) is 0. The maximum Gasteiger partial charge on any atom is 0.225 e. The minimum atomic E-state index is -0.426. The summed E-state index contributed by atoms with van der Waals surface area (Å²) in [5, 5.41) is 3.83. The van der Waals surface area contributed by atoms with Crippen LogP contribution in [-0.4, -0.2) is 29.6 Å². The van der Waals surface area contributed by atoms with Crippen molar-refractivity contribution < 1.29 is 14.3 Å². The number of rotatable bonds is 9. The average Bonchev–Trinajstić information content (AvgIpc) is 2.75. The van der Waals surface area contributed by atoms with Crippen LogP contribution in [0.1, 0.15) is 63.5 Å². The van der Waals surface area contributed by atoms with Gasteiger partial charge >= 0.3 is 0 Å². The van der Waals surface area contributed by atoms with Crippen molar-refractivity contribution >= 4 is 17.5 Å². The highest BCUT2D eigenvalue weighted by atomic mass is 35.5. The molecule has 5 nitrogen and oxygen atoms in total. The van der Waals surface area contributed by atoms with Crippen LogP contribution >= 0.6 is 11.6 Å². The molecule has 2 aromatic rings. The fraction of sp³-hybridized carbons (Fsp3) is 0.538. The molecule has 0 aliphatic heterocycles. The number of halogens is 1. The van der Waals surface area contributed by atoms with Gasteiger partial charge in [0, 0.05) is 23.7 Å². The molecule has 1 fully saturated rings. The first-order valence-electron chi connectivity index (χ1n) is 11.5. The molecule has 1 aliphatic carbocycles. The van der Waals surface area contributed by atoms with E-state index in [1.54, 1.807) is 18.5 Å². The average molecular weight is 459 g/mol. The number of nitrogens with zero attached hydrogens (tertiary/aromatic N) is 1. The minimum Gasteiger partial charge on any atom is -0.493 e. The number of carbonyl (C=O) groups is 1. The van der Waals surface area contributed by atoms with E-state index in [0.29, 0.717) is 17.4 Å². The third-order valence-corrected chi connectivity index (χ3v) is 6.36. The molecule has 0 bridgehead atoms. The van der Waals surface area contributed by atoms with E-state index in [-0.39, 0.29) is 18.1 Å². The Morgan fingerprint density at radius 3 is 2.62 bits per heavy atom. The molecule has 1 aliphatic rings. The lowest BCUT2D eigenvalue weighted by Crippen LogP contribution is -2.45. The predicted molar refractivity (Wildman–Crippen MR) is 128 cm³/mol. The number of nitrogens with one attached hydrogen (secondary N) is 1.